The summed E-state index contributed by atoms with van der Waals surface area (Å²) < 4.78 is 0. The first-order valence-corrected chi connectivity index (χ1v) is 3.54. The van der Waals surface area contributed by atoms with Gasteiger partial charge in [-0.15, -0.1) is 5.10 Å². The van der Waals surface area contributed by atoms with Gasteiger partial charge in [-0.3, -0.25) is 9.69 Å². The van der Waals surface area contributed by atoms with Crippen molar-refractivity contribution in [2.45, 2.75) is 19.0 Å². The zero-order valence-corrected chi connectivity index (χ0v) is 6.43. The molecule has 2 heterocycles. The minimum atomic E-state index is -0.427. The highest BCUT2D eigenvalue weighted by Crippen LogP contribution is 2.21. The van der Waals surface area contributed by atoms with Crippen molar-refractivity contribution in [3.05, 3.63) is 0 Å². The number of aromatic amines is 1. The molecule has 2 rings (SSSR count). The summed E-state index contributed by atoms with van der Waals surface area (Å²) in [6.07, 6.45) is 0. The summed E-state index contributed by atoms with van der Waals surface area (Å²) in [5.74, 6) is 0.123. The first-order valence-electron chi connectivity index (χ1n) is 3.54. The van der Waals surface area contributed by atoms with Crippen LogP contribution in [-0.4, -0.2) is 38.6 Å². The third-order valence-electron chi connectivity index (χ3n) is 2.00. The molecule has 1 aromatic heterocycles. The van der Waals surface area contributed by atoms with Crippen molar-refractivity contribution < 1.29 is 4.79 Å². The lowest BCUT2D eigenvalue weighted by atomic mass is 9.99. The molecule has 0 radical (unpaired) electrons. The van der Waals surface area contributed by atoms with E-state index in [4.69, 9.17) is 5.73 Å². The number of H-pyrrole nitrogens is 1. The van der Waals surface area contributed by atoms with Crippen LogP contribution in [0.1, 0.15) is 6.92 Å². The molecule has 0 saturated carbocycles. The Bertz CT molecular complexity index is 295. The number of carbonyl (C=O) groups is 1. The number of amides is 1. The molecule has 1 aliphatic heterocycles. The molecule has 3 N–H and O–H groups in total. The highest BCUT2D eigenvalue weighted by Gasteiger charge is 2.44. The maximum atomic E-state index is 11.1. The normalized spacial score (nSPS) is 28.8. The number of rotatable bonds is 1. The molecular formula is C5H8N6O. The smallest absolute Gasteiger partial charge is 0.272 e. The average Bonchev–Trinajstić information content (AvgIpc) is 2.57. The predicted molar refractivity (Wildman–Crippen MR) is 39.1 cm³/mol. The summed E-state index contributed by atoms with van der Waals surface area (Å²) in [6.45, 7) is 1.84. The lowest BCUT2D eigenvalue weighted by Crippen LogP contribution is -2.68. The van der Waals surface area contributed by atoms with Gasteiger partial charge < -0.3 is 5.73 Å². The van der Waals surface area contributed by atoms with Crippen LogP contribution in [0.4, 0.5) is 5.95 Å². The average molecular weight is 168 g/mol. The molecule has 64 valence electrons. The largest absolute Gasteiger partial charge is 0.318 e. The summed E-state index contributed by atoms with van der Waals surface area (Å²) in [5, 5.41) is 13.0. The number of hydrogen-bond donors (Lipinski definition) is 2. The molecule has 1 aliphatic rings. The molecule has 1 fully saturated rings. The Hall–Kier alpha value is -1.50. The molecule has 1 aromatic rings. The highest BCUT2D eigenvalue weighted by atomic mass is 16.2. The van der Waals surface area contributed by atoms with Crippen molar-refractivity contribution in [1.29, 1.82) is 0 Å². The first kappa shape index (κ1) is 7.17. The van der Waals surface area contributed by atoms with Crippen molar-refractivity contribution in [1.82, 2.24) is 20.6 Å². The van der Waals surface area contributed by atoms with Crippen molar-refractivity contribution in [2.24, 2.45) is 5.73 Å². The van der Waals surface area contributed by atoms with Crippen LogP contribution in [0.5, 0.6) is 0 Å². The van der Waals surface area contributed by atoms with Gasteiger partial charge >= 0.3 is 0 Å². The van der Waals surface area contributed by atoms with Crippen LogP contribution >= 0.6 is 0 Å². The van der Waals surface area contributed by atoms with E-state index in [0.717, 1.165) is 0 Å². The van der Waals surface area contributed by atoms with E-state index in [9.17, 15) is 4.79 Å². The molecule has 0 unspecified atom stereocenters. The molecule has 7 nitrogen and oxygen atoms in total. The van der Waals surface area contributed by atoms with E-state index in [1.54, 1.807) is 0 Å². The Morgan fingerprint density at radius 3 is 2.92 bits per heavy atom. The Kier molecular flexibility index (Phi) is 1.34. The quantitative estimate of drug-likeness (QED) is 0.485. The molecule has 2 atom stereocenters. The van der Waals surface area contributed by atoms with Crippen molar-refractivity contribution in [3.63, 3.8) is 0 Å². The predicted octanol–water partition coefficient (Wildman–Crippen LogP) is -1.74. The van der Waals surface area contributed by atoms with Crippen LogP contribution in [0.2, 0.25) is 0 Å². The van der Waals surface area contributed by atoms with Crippen LogP contribution in [0.3, 0.4) is 0 Å². The fourth-order valence-electron chi connectivity index (χ4n) is 1.19. The second-order valence-corrected chi connectivity index (χ2v) is 2.69. The third-order valence-corrected chi connectivity index (χ3v) is 2.00. The van der Waals surface area contributed by atoms with E-state index < -0.39 is 6.04 Å². The number of hydrogen-bond acceptors (Lipinski definition) is 5. The minimum Gasteiger partial charge on any atom is -0.318 e. The lowest BCUT2D eigenvalue weighted by Gasteiger charge is -2.40. The van der Waals surface area contributed by atoms with Crippen LogP contribution in [-0.2, 0) is 4.79 Å². The van der Waals surface area contributed by atoms with Gasteiger partial charge in [0.2, 0.25) is 5.91 Å². The van der Waals surface area contributed by atoms with Gasteiger partial charge in [-0.2, -0.15) is 5.21 Å². The number of anilines is 1. The number of nitrogens with two attached hydrogens (primary N) is 1. The van der Waals surface area contributed by atoms with Gasteiger partial charge in [0.25, 0.3) is 5.95 Å². The molecular weight excluding hydrogens is 160 g/mol. The number of aromatic nitrogens is 4. The van der Waals surface area contributed by atoms with E-state index >= 15 is 0 Å². The maximum Gasteiger partial charge on any atom is 0.272 e. The second-order valence-electron chi connectivity index (χ2n) is 2.69. The van der Waals surface area contributed by atoms with Crippen LogP contribution < -0.4 is 10.6 Å². The monoisotopic (exact) mass is 168 g/mol. The SMILES string of the molecule is C[C@@H]1[C@H](N)C(=O)N1c1nn[nH]n1. The number of carbonyl (C=O) groups excluding carboxylic acids is 1. The van der Waals surface area contributed by atoms with Gasteiger partial charge in [0, 0.05) is 0 Å². The molecule has 12 heavy (non-hydrogen) atoms. The zero-order chi connectivity index (χ0) is 8.72. The Labute approximate surface area is 67.9 Å². The van der Waals surface area contributed by atoms with Crippen molar-refractivity contribution in [2.75, 3.05) is 4.90 Å². The number of tetrazole rings is 1. The zero-order valence-electron chi connectivity index (χ0n) is 6.43. The number of nitrogens with one attached hydrogen (secondary N) is 1. The Balaban J connectivity index is 2.23. The lowest BCUT2D eigenvalue weighted by molar-refractivity contribution is -0.125. The van der Waals surface area contributed by atoms with Gasteiger partial charge in [0.1, 0.15) is 6.04 Å². The first-order chi connectivity index (χ1) is 5.72. The van der Waals surface area contributed by atoms with Gasteiger partial charge in [0.15, 0.2) is 0 Å². The summed E-state index contributed by atoms with van der Waals surface area (Å²) in [6, 6.07) is -0.474. The van der Waals surface area contributed by atoms with Crippen LogP contribution in [0, 0.1) is 0 Å². The minimum absolute atomic E-state index is 0.0462. The van der Waals surface area contributed by atoms with E-state index in [0.29, 0.717) is 0 Å². The highest BCUT2D eigenvalue weighted by molar-refractivity contribution is 6.03. The molecule has 1 amide bonds. The van der Waals surface area contributed by atoms with Crippen LogP contribution in [0.15, 0.2) is 0 Å². The number of β-lactam (4-membered cyclic amide) rings is 1. The Morgan fingerprint density at radius 2 is 2.42 bits per heavy atom. The van der Waals surface area contributed by atoms with Gasteiger partial charge in [-0.1, -0.05) is 5.10 Å². The summed E-state index contributed by atoms with van der Waals surface area (Å²) in [7, 11) is 0. The third kappa shape index (κ3) is 0.735. The number of nitrogens with zero attached hydrogens (tertiary/aromatic N) is 4. The maximum absolute atomic E-state index is 11.1. The molecule has 0 spiro atoms. The molecule has 0 bridgehead atoms. The topological polar surface area (TPSA) is 101 Å². The standard InChI is InChI=1S/C5H8N6O/c1-2-3(6)4(12)11(2)5-7-9-10-8-5/h2-3H,6H2,1H3,(H,7,8,9,10)/t2-,3+/m1/s1. The van der Waals surface area contributed by atoms with E-state index in [-0.39, 0.29) is 17.9 Å². The van der Waals surface area contributed by atoms with Crippen molar-refractivity contribution >= 4 is 11.9 Å². The summed E-state index contributed by atoms with van der Waals surface area (Å²) in [5.41, 5.74) is 5.48. The van der Waals surface area contributed by atoms with E-state index in [2.05, 4.69) is 20.6 Å². The molecule has 0 aliphatic carbocycles. The van der Waals surface area contributed by atoms with Gasteiger partial charge in [-0.25, -0.2) is 0 Å². The van der Waals surface area contributed by atoms with Crippen LogP contribution in [0.25, 0.3) is 0 Å². The summed E-state index contributed by atoms with van der Waals surface area (Å²) in [4.78, 5) is 12.6. The fourth-order valence-corrected chi connectivity index (χ4v) is 1.19. The molecule has 1 saturated heterocycles. The van der Waals surface area contributed by atoms with E-state index in [1.165, 1.54) is 4.90 Å². The molecule has 0 aromatic carbocycles. The fraction of sp³-hybridized carbons (Fsp3) is 0.600. The Morgan fingerprint density at radius 1 is 1.67 bits per heavy atom. The second kappa shape index (κ2) is 2.24. The van der Waals surface area contributed by atoms with Crippen molar-refractivity contribution in [3.8, 4) is 0 Å². The molecule has 7 heteroatoms. The van der Waals surface area contributed by atoms with E-state index in [1.807, 2.05) is 6.92 Å². The summed E-state index contributed by atoms with van der Waals surface area (Å²) >= 11 is 0. The van der Waals surface area contributed by atoms with Gasteiger partial charge in [0.05, 0.1) is 6.04 Å². The van der Waals surface area contributed by atoms with Gasteiger partial charge in [-0.05, 0) is 12.1 Å².